The number of halogens is 1. The van der Waals surface area contributed by atoms with Crippen LogP contribution in [0.5, 0.6) is 0 Å². The number of primary amides is 1. The Morgan fingerprint density at radius 1 is 1.28 bits per heavy atom. The normalized spacial score (nSPS) is 13.1. The van der Waals surface area contributed by atoms with E-state index in [4.69, 9.17) is 5.73 Å². The summed E-state index contributed by atoms with van der Waals surface area (Å²) in [6.45, 7) is 1.69. The lowest BCUT2D eigenvalue weighted by atomic mass is 10.1. The van der Waals surface area contributed by atoms with Gasteiger partial charge in [-0.3, -0.25) is 14.8 Å². The van der Waals surface area contributed by atoms with Crippen LogP contribution in [0.2, 0.25) is 0 Å². The van der Waals surface area contributed by atoms with E-state index in [1.54, 1.807) is 19.1 Å². The number of carbonyl (C=O) groups excluding carboxylic acids is 1. The second-order valence-corrected chi connectivity index (χ2v) is 3.40. The molecule has 1 aromatic carbocycles. The highest BCUT2D eigenvalue weighted by Gasteiger charge is 2.09. The summed E-state index contributed by atoms with van der Waals surface area (Å²) >= 11 is 0. The first-order valence-corrected chi connectivity index (χ1v) is 5.31. The minimum absolute atomic E-state index is 0.177. The molecular weight excluding hydrogens is 233 g/mol. The molecule has 0 unspecified atom stereocenters. The predicted octanol–water partition coefficient (Wildman–Crippen LogP) is 2.11. The molecule has 1 aromatic rings. The van der Waals surface area contributed by atoms with E-state index in [9.17, 15) is 9.18 Å². The first-order valence-electron chi connectivity index (χ1n) is 5.31. The van der Waals surface area contributed by atoms with Gasteiger partial charge >= 0.3 is 0 Å². The number of rotatable bonds is 4. The van der Waals surface area contributed by atoms with Crippen LogP contribution in [0, 0.1) is 0 Å². The Hall–Kier alpha value is -2.30. The van der Waals surface area contributed by atoms with Gasteiger partial charge in [0.1, 0.15) is 5.71 Å². The van der Waals surface area contributed by atoms with Gasteiger partial charge < -0.3 is 5.73 Å². The summed E-state index contributed by atoms with van der Waals surface area (Å²) in [6, 6.07) is 6.23. The van der Waals surface area contributed by atoms with Gasteiger partial charge in [-0.2, -0.15) is 0 Å². The van der Waals surface area contributed by atoms with Gasteiger partial charge in [0.05, 0.1) is 6.20 Å². The summed E-state index contributed by atoms with van der Waals surface area (Å²) in [4.78, 5) is 18.5. The number of hydrogen-bond acceptors (Lipinski definition) is 3. The summed E-state index contributed by atoms with van der Waals surface area (Å²) in [5.41, 5.74) is 6.23. The van der Waals surface area contributed by atoms with Crippen molar-refractivity contribution >= 4 is 17.8 Å². The molecule has 0 radical (unpaired) electrons. The van der Waals surface area contributed by atoms with Crippen molar-refractivity contribution in [1.29, 1.82) is 0 Å². The van der Waals surface area contributed by atoms with Crippen molar-refractivity contribution in [3.8, 4) is 0 Å². The molecule has 5 heteroatoms. The van der Waals surface area contributed by atoms with Crippen molar-refractivity contribution in [2.45, 2.75) is 6.92 Å². The van der Waals surface area contributed by atoms with Crippen LogP contribution in [0.1, 0.15) is 22.8 Å². The summed E-state index contributed by atoms with van der Waals surface area (Å²) in [7, 11) is 1.49. The van der Waals surface area contributed by atoms with Crippen molar-refractivity contribution in [2.75, 3.05) is 7.05 Å². The fraction of sp³-hybridized carbons (Fsp3) is 0.154. The van der Waals surface area contributed by atoms with Gasteiger partial charge in [-0.15, -0.1) is 0 Å². The molecule has 0 aliphatic carbocycles. The van der Waals surface area contributed by atoms with Crippen LogP contribution in [-0.4, -0.2) is 24.9 Å². The molecule has 0 bridgehead atoms. The molecule has 0 heterocycles. The average molecular weight is 247 g/mol. The average Bonchev–Trinajstić information content (AvgIpc) is 2.37. The fourth-order valence-electron chi connectivity index (χ4n) is 1.37. The van der Waals surface area contributed by atoms with Crippen LogP contribution < -0.4 is 5.73 Å². The molecule has 94 valence electrons. The van der Waals surface area contributed by atoms with E-state index < -0.39 is 11.7 Å². The molecular formula is C13H14FN3O. The molecule has 0 saturated heterocycles. The molecule has 4 nitrogen and oxygen atoms in total. The highest BCUT2D eigenvalue weighted by atomic mass is 19.1. The van der Waals surface area contributed by atoms with E-state index in [2.05, 4.69) is 9.98 Å². The minimum Gasteiger partial charge on any atom is -0.366 e. The molecule has 0 fully saturated rings. The third kappa shape index (κ3) is 3.35. The molecule has 0 saturated carbocycles. The van der Waals surface area contributed by atoms with Crippen molar-refractivity contribution in [2.24, 2.45) is 15.7 Å². The number of amides is 1. The van der Waals surface area contributed by atoms with Gasteiger partial charge in [-0.1, -0.05) is 12.1 Å². The van der Waals surface area contributed by atoms with Gasteiger partial charge in [0.2, 0.25) is 5.91 Å². The molecule has 0 spiro atoms. The largest absolute Gasteiger partial charge is 0.366 e. The van der Waals surface area contributed by atoms with Crippen molar-refractivity contribution in [1.82, 2.24) is 0 Å². The summed E-state index contributed by atoms with van der Waals surface area (Å²) in [5.74, 6) is -1.06. The van der Waals surface area contributed by atoms with Gasteiger partial charge in [0.25, 0.3) is 0 Å². The van der Waals surface area contributed by atoms with E-state index >= 15 is 0 Å². The Balaban J connectivity index is 3.07. The van der Waals surface area contributed by atoms with Gasteiger partial charge in [-0.05, 0) is 19.1 Å². The van der Waals surface area contributed by atoms with Gasteiger partial charge in [0, 0.05) is 24.4 Å². The Morgan fingerprint density at radius 3 is 2.28 bits per heavy atom. The fourth-order valence-corrected chi connectivity index (χ4v) is 1.37. The van der Waals surface area contributed by atoms with Crippen LogP contribution in [0.25, 0.3) is 0 Å². The summed E-state index contributed by atoms with van der Waals surface area (Å²) in [5, 5.41) is 0. The van der Waals surface area contributed by atoms with E-state index in [0.29, 0.717) is 11.1 Å². The Kier molecular flexibility index (Phi) is 4.92. The number of aliphatic imine (C=N–C) groups is 2. The van der Waals surface area contributed by atoms with Gasteiger partial charge in [0.15, 0.2) is 5.83 Å². The number of nitrogens with zero attached hydrogens (tertiary/aromatic N) is 2. The topological polar surface area (TPSA) is 67.8 Å². The van der Waals surface area contributed by atoms with E-state index in [-0.39, 0.29) is 5.71 Å². The predicted molar refractivity (Wildman–Crippen MR) is 70.8 cm³/mol. The van der Waals surface area contributed by atoms with Crippen LogP contribution in [0.3, 0.4) is 0 Å². The third-order valence-corrected chi connectivity index (χ3v) is 2.23. The maximum atomic E-state index is 13.7. The lowest BCUT2D eigenvalue weighted by Gasteiger charge is -2.03. The second kappa shape index (κ2) is 6.44. The van der Waals surface area contributed by atoms with E-state index in [1.807, 2.05) is 0 Å². The highest BCUT2D eigenvalue weighted by Crippen LogP contribution is 2.12. The SMILES string of the molecule is CC=N/C=C(/F)C(=NC)c1ccc(C(N)=O)cc1. The number of allylic oxidation sites excluding steroid dienone is 1. The lowest BCUT2D eigenvalue weighted by Crippen LogP contribution is -2.11. The molecule has 18 heavy (non-hydrogen) atoms. The van der Waals surface area contributed by atoms with Crippen molar-refractivity contribution in [3.05, 3.63) is 47.4 Å². The Bertz CT molecular complexity index is 516. The van der Waals surface area contributed by atoms with Crippen LogP contribution >= 0.6 is 0 Å². The molecule has 1 rings (SSSR count). The van der Waals surface area contributed by atoms with Gasteiger partial charge in [-0.25, -0.2) is 4.39 Å². The van der Waals surface area contributed by atoms with Crippen LogP contribution in [0.15, 0.2) is 46.3 Å². The van der Waals surface area contributed by atoms with Crippen LogP contribution in [-0.2, 0) is 0 Å². The molecule has 0 atom stereocenters. The zero-order chi connectivity index (χ0) is 13.5. The van der Waals surface area contributed by atoms with E-state index in [1.165, 1.54) is 25.4 Å². The first-order chi connectivity index (χ1) is 8.60. The molecule has 2 N–H and O–H groups in total. The maximum absolute atomic E-state index is 13.7. The third-order valence-electron chi connectivity index (χ3n) is 2.23. The Labute approximate surface area is 105 Å². The summed E-state index contributed by atoms with van der Waals surface area (Å²) < 4.78 is 13.7. The van der Waals surface area contributed by atoms with Crippen molar-refractivity contribution < 1.29 is 9.18 Å². The Morgan fingerprint density at radius 2 is 1.83 bits per heavy atom. The number of hydrogen-bond donors (Lipinski definition) is 1. The van der Waals surface area contributed by atoms with E-state index in [0.717, 1.165) is 6.20 Å². The van der Waals surface area contributed by atoms with Crippen LogP contribution in [0.4, 0.5) is 4.39 Å². The second-order valence-electron chi connectivity index (χ2n) is 3.40. The lowest BCUT2D eigenvalue weighted by molar-refractivity contribution is 0.100. The highest BCUT2D eigenvalue weighted by molar-refractivity contribution is 6.11. The molecule has 1 amide bonds. The standard InChI is InChI=1S/C13H14FN3O/c1-3-17-8-11(14)12(16-2)9-4-6-10(7-5-9)13(15)18/h3-8H,1-2H3,(H2,15,18)/b11-8+,16-12?,17-3?. The number of benzene rings is 1. The monoisotopic (exact) mass is 247 g/mol. The maximum Gasteiger partial charge on any atom is 0.248 e. The van der Waals surface area contributed by atoms with Crippen molar-refractivity contribution in [3.63, 3.8) is 0 Å². The number of carbonyl (C=O) groups is 1. The smallest absolute Gasteiger partial charge is 0.248 e. The first kappa shape index (κ1) is 13.8. The minimum atomic E-state index is -0.539. The summed E-state index contributed by atoms with van der Waals surface area (Å²) in [6.07, 6.45) is 2.56. The molecule has 0 aliphatic rings. The number of nitrogens with two attached hydrogens (primary N) is 1. The molecule has 0 aliphatic heterocycles. The zero-order valence-corrected chi connectivity index (χ0v) is 10.2. The quantitative estimate of drug-likeness (QED) is 0.813. The zero-order valence-electron chi connectivity index (χ0n) is 10.2. The molecule has 0 aromatic heterocycles.